The van der Waals surface area contributed by atoms with E-state index in [1.54, 1.807) is 11.3 Å². The average molecular weight is 246 g/mol. The Bertz CT molecular complexity index is 449. The predicted octanol–water partition coefficient (Wildman–Crippen LogP) is 3.47. The Hall–Kier alpha value is -1.48. The SMILES string of the molecule is CN(C)c1ccccc1NCCc1ccsc1. The number of nitrogens with one attached hydrogen (secondary N) is 1. The third-order valence-corrected chi connectivity index (χ3v) is 3.43. The molecule has 2 aromatic rings. The van der Waals surface area contributed by atoms with Crippen molar-refractivity contribution in [1.82, 2.24) is 0 Å². The zero-order chi connectivity index (χ0) is 12.1. The van der Waals surface area contributed by atoms with Crippen molar-refractivity contribution >= 4 is 22.7 Å². The number of hydrogen-bond acceptors (Lipinski definition) is 3. The number of nitrogens with zero attached hydrogens (tertiary/aromatic N) is 1. The number of benzene rings is 1. The van der Waals surface area contributed by atoms with Crippen molar-refractivity contribution in [2.24, 2.45) is 0 Å². The highest BCUT2D eigenvalue weighted by Gasteiger charge is 2.02. The maximum absolute atomic E-state index is 3.50. The molecule has 0 bridgehead atoms. The summed E-state index contributed by atoms with van der Waals surface area (Å²) in [6, 6.07) is 10.6. The summed E-state index contributed by atoms with van der Waals surface area (Å²) in [5, 5.41) is 7.83. The molecule has 0 fully saturated rings. The normalized spacial score (nSPS) is 10.2. The van der Waals surface area contributed by atoms with Crippen LogP contribution in [-0.2, 0) is 6.42 Å². The van der Waals surface area contributed by atoms with Gasteiger partial charge in [0.2, 0.25) is 0 Å². The van der Waals surface area contributed by atoms with Crippen molar-refractivity contribution in [3.05, 3.63) is 46.7 Å². The first-order valence-electron chi connectivity index (χ1n) is 5.78. The van der Waals surface area contributed by atoms with Crippen LogP contribution >= 0.6 is 11.3 Å². The van der Waals surface area contributed by atoms with Crippen LogP contribution in [0.5, 0.6) is 0 Å². The number of para-hydroxylation sites is 2. The summed E-state index contributed by atoms with van der Waals surface area (Å²) in [7, 11) is 4.14. The van der Waals surface area contributed by atoms with E-state index in [-0.39, 0.29) is 0 Å². The van der Waals surface area contributed by atoms with Crippen LogP contribution in [0.25, 0.3) is 0 Å². The first kappa shape index (κ1) is 12.0. The van der Waals surface area contributed by atoms with E-state index in [4.69, 9.17) is 0 Å². The Labute approximate surface area is 107 Å². The topological polar surface area (TPSA) is 15.3 Å². The van der Waals surface area contributed by atoms with E-state index in [0.717, 1.165) is 13.0 Å². The van der Waals surface area contributed by atoms with Crippen LogP contribution in [0.3, 0.4) is 0 Å². The van der Waals surface area contributed by atoms with Gasteiger partial charge in [-0.05, 0) is 40.9 Å². The van der Waals surface area contributed by atoms with E-state index in [9.17, 15) is 0 Å². The van der Waals surface area contributed by atoms with Crippen molar-refractivity contribution in [2.45, 2.75) is 6.42 Å². The molecule has 90 valence electrons. The zero-order valence-electron chi connectivity index (χ0n) is 10.3. The van der Waals surface area contributed by atoms with Gasteiger partial charge in [0, 0.05) is 20.6 Å². The molecular formula is C14H18N2S. The molecule has 0 spiro atoms. The minimum Gasteiger partial charge on any atom is -0.383 e. The molecule has 2 nitrogen and oxygen atoms in total. The van der Waals surface area contributed by atoms with Gasteiger partial charge in [-0.15, -0.1) is 0 Å². The Morgan fingerprint density at radius 3 is 2.71 bits per heavy atom. The minimum atomic E-state index is 0.974. The van der Waals surface area contributed by atoms with Gasteiger partial charge in [0.05, 0.1) is 11.4 Å². The molecule has 0 amide bonds. The summed E-state index contributed by atoms with van der Waals surface area (Å²) >= 11 is 1.76. The second kappa shape index (κ2) is 5.73. The molecule has 0 atom stereocenters. The lowest BCUT2D eigenvalue weighted by atomic mass is 10.2. The van der Waals surface area contributed by atoms with Gasteiger partial charge in [-0.25, -0.2) is 0 Å². The molecule has 0 aliphatic carbocycles. The average Bonchev–Trinajstić information content (AvgIpc) is 2.82. The minimum absolute atomic E-state index is 0.974. The maximum atomic E-state index is 3.50. The highest BCUT2D eigenvalue weighted by atomic mass is 32.1. The van der Waals surface area contributed by atoms with Crippen LogP contribution in [-0.4, -0.2) is 20.6 Å². The smallest absolute Gasteiger partial charge is 0.0596 e. The van der Waals surface area contributed by atoms with Gasteiger partial charge < -0.3 is 10.2 Å². The fraction of sp³-hybridized carbons (Fsp3) is 0.286. The van der Waals surface area contributed by atoms with Gasteiger partial charge in [0.1, 0.15) is 0 Å². The molecule has 1 N–H and O–H groups in total. The predicted molar refractivity (Wildman–Crippen MR) is 77.3 cm³/mol. The standard InChI is InChI=1S/C14H18N2S/c1-16(2)14-6-4-3-5-13(14)15-9-7-12-8-10-17-11-12/h3-6,8,10-11,15H,7,9H2,1-2H3. The van der Waals surface area contributed by atoms with Crippen LogP contribution < -0.4 is 10.2 Å². The van der Waals surface area contributed by atoms with Crippen molar-refractivity contribution in [1.29, 1.82) is 0 Å². The van der Waals surface area contributed by atoms with Crippen LogP contribution in [0.15, 0.2) is 41.1 Å². The monoisotopic (exact) mass is 246 g/mol. The molecule has 17 heavy (non-hydrogen) atoms. The Morgan fingerprint density at radius 2 is 2.00 bits per heavy atom. The molecular weight excluding hydrogens is 228 g/mol. The van der Waals surface area contributed by atoms with Gasteiger partial charge in [-0.2, -0.15) is 11.3 Å². The van der Waals surface area contributed by atoms with Crippen molar-refractivity contribution < 1.29 is 0 Å². The first-order chi connectivity index (χ1) is 8.27. The van der Waals surface area contributed by atoms with E-state index in [0.29, 0.717) is 0 Å². The van der Waals surface area contributed by atoms with Crippen LogP contribution in [0, 0.1) is 0 Å². The summed E-state index contributed by atoms with van der Waals surface area (Å²) < 4.78 is 0. The third kappa shape index (κ3) is 3.24. The summed E-state index contributed by atoms with van der Waals surface area (Å²) in [4.78, 5) is 2.13. The quantitative estimate of drug-likeness (QED) is 0.869. The van der Waals surface area contributed by atoms with Gasteiger partial charge in [0.15, 0.2) is 0 Å². The first-order valence-corrected chi connectivity index (χ1v) is 6.73. The Balaban J connectivity index is 1.94. The molecule has 0 aliphatic heterocycles. The maximum Gasteiger partial charge on any atom is 0.0596 e. The molecule has 0 unspecified atom stereocenters. The van der Waals surface area contributed by atoms with Gasteiger partial charge in [-0.3, -0.25) is 0 Å². The van der Waals surface area contributed by atoms with Crippen molar-refractivity contribution in [3.8, 4) is 0 Å². The summed E-state index contributed by atoms with van der Waals surface area (Å²) in [6.07, 6.45) is 1.07. The summed E-state index contributed by atoms with van der Waals surface area (Å²) in [6.45, 7) is 0.974. The van der Waals surface area contributed by atoms with Crippen LogP contribution in [0.4, 0.5) is 11.4 Å². The largest absolute Gasteiger partial charge is 0.383 e. The molecule has 1 aromatic heterocycles. The highest BCUT2D eigenvalue weighted by Crippen LogP contribution is 2.23. The highest BCUT2D eigenvalue weighted by molar-refractivity contribution is 7.07. The second-order valence-corrected chi connectivity index (χ2v) is 5.00. The van der Waals surface area contributed by atoms with E-state index < -0.39 is 0 Å². The number of anilines is 2. The Kier molecular flexibility index (Phi) is 4.04. The zero-order valence-corrected chi connectivity index (χ0v) is 11.1. The number of thiophene rings is 1. The van der Waals surface area contributed by atoms with Crippen molar-refractivity contribution in [2.75, 3.05) is 30.9 Å². The van der Waals surface area contributed by atoms with Gasteiger partial charge in [-0.1, -0.05) is 12.1 Å². The Morgan fingerprint density at radius 1 is 1.18 bits per heavy atom. The van der Waals surface area contributed by atoms with Crippen molar-refractivity contribution in [3.63, 3.8) is 0 Å². The molecule has 0 radical (unpaired) electrons. The second-order valence-electron chi connectivity index (χ2n) is 4.22. The lowest BCUT2D eigenvalue weighted by molar-refractivity contribution is 1.02. The molecule has 1 aromatic carbocycles. The summed E-state index contributed by atoms with van der Waals surface area (Å²) in [5.41, 5.74) is 3.84. The van der Waals surface area contributed by atoms with Gasteiger partial charge in [0.25, 0.3) is 0 Å². The molecule has 0 saturated heterocycles. The lowest BCUT2D eigenvalue weighted by Crippen LogP contribution is -2.13. The number of rotatable bonds is 5. The summed E-state index contributed by atoms with van der Waals surface area (Å²) in [5.74, 6) is 0. The lowest BCUT2D eigenvalue weighted by Gasteiger charge is -2.18. The molecule has 3 heteroatoms. The fourth-order valence-corrected chi connectivity index (χ4v) is 2.49. The van der Waals surface area contributed by atoms with E-state index >= 15 is 0 Å². The van der Waals surface area contributed by atoms with Crippen LogP contribution in [0.2, 0.25) is 0 Å². The van der Waals surface area contributed by atoms with E-state index in [2.05, 4.69) is 65.4 Å². The van der Waals surface area contributed by atoms with Gasteiger partial charge >= 0.3 is 0 Å². The number of hydrogen-bond donors (Lipinski definition) is 1. The molecule has 0 saturated carbocycles. The van der Waals surface area contributed by atoms with E-state index in [1.165, 1.54) is 16.9 Å². The molecule has 1 heterocycles. The van der Waals surface area contributed by atoms with Crippen LogP contribution in [0.1, 0.15) is 5.56 Å². The molecule has 2 rings (SSSR count). The van der Waals surface area contributed by atoms with E-state index in [1.807, 2.05) is 0 Å². The third-order valence-electron chi connectivity index (χ3n) is 2.70. The fourth-order valence-electron chi connectivity index (χ4n) is 1.79. The molecule has 0 aliphatic rings.